The van der Waals surface area contributed by atoms with Gasteiger partial charge in [-0.25, -0.2) is 0 Å². The molecule has 0 aliphatic rings. The van der Waals surface area contributed by atoms with Crippen molar-refractivity contribution >= 4 is 35.0 Å². The molecule has 0 aliphatic carbocycles. The third-order valence-electron chi connectivity index (χ3n) is 2.37. The van der Waals surface area contributed by atoms with E-state index in [1.807, 2.05) is 13.2 Å². The van der Waals surface area contributed by atoms with E-state index >= 15 is 0 Å². The number of hydrogen-bond donors (Lipinski definition) is 1. The van der Waals surface area contributed by atoms with Crippen LogP contribution in [0.5, 0.6) is 0 Å². The van der Waals surface area contributed by atoms with E-state index in [0.29, 0.717) is 6.54 Å². The summed E-state index contributed by atoms with van der Waals surface area (Å²) in [7, 11) is 0. The van der Waals surface area contributed by atoms with Gasteiger partial charge >= 0.3 is 0 Å². The Hall–Kier alpha value is -1.27. The average Bonchev–Trinajstić information content (AvgIpc) is 2.35. The van der Waals surface area contributed by atoms with Gasteiger partial charge < -0.3 is 5.32 Å². The number of benzene rings is 1. The molecule has 1 rings (SSSR count). The van der Waals surface area contributed by atoms with Crippen LogP contribution in [0.3, 0.4) is 0 Å². The Kier molecular flexibility index (Phi) is 5.43. The Morgan fingerprint density at radius 1 is 1.61 bits per heavy atom. The lowest BCUT2D eigenvalue weighted by molar-refractivity contribution is -0.384. The van der Waals surface area contributed by atoms with E-state index in [4.69, 9.17) is 11.6 Å². The monoisotopic (exact) mass is 288 g/mol. The number of thioether (sulfide) groups is 1. The van der Waals surface area contributed by atoms with Crippen LogP contribution in [0.4, 0.5) is 5.69 Å². The predicted octanol–water partition coefficient (Wildman–Crippen LogP) is 2.73. The molecular formula is C11H13ClN2O3S. The lowest BCUT2D eigenvalue weighted by Crippen LogP contribution is -2.29. The van der Waals surface area contributed by atoms with Crippen molar-refractivity contribution in [1.82, 2.24) is 5.32 Å². The Balaban J connectivity index is 2.86. The van der Waals surface area contributed by atoms with Crippen LogP contribution in [0.2, 0.25) is 5.02 Å². The second-order valence-corrected chi connectivity index (χ2v) is 5.31. The lowest BCUT2D eigenvalue weighted by Gasteiger charge is -2.10. The summed E-state index contributed by atoms with van der Waals surface area (Å²) in [4.78, 5) is 21.9. The topological polar surface area (TPSA) is 72.2 Å². The third-order valence-corrected chi connectivity index (χ3v) is 3.74. The van der Waals surface area contributed by atoms with Crippen molar-refractivity contribution in [3.8, 4) is 0 Å². The second-order valence-electron chi connectivity index (χ2n) is 3.65. The highest BCUT2D eigenvalue weighted by Gasteiger charge is 2.19. The summed E-state index contributed by atoms with van der Waals surface area (Å²) in [5.41, 5.74) is -0.138. The van der Waals surface area contributed by atoms with Crippen LogP contribution in [0.1, 0.15) is 17.3 Å². The predicted molar refractivity (Wildman–Crippen MR) is 73.4 cm³/mol. The molecule has 0 saturated heterocycles. The molecule has 0 spiro atoms. The molecule has 1 N–H and O–H groups in total. The Morgan fingerprint density at radius 2 is 2.28 bits per heavy atom. The molecule has 0 aromatic heterocycles. The van der Waals surface area contributed by atoms with E-state index in [1.54, 1.807) is 11.8 Å². The Bertz CT molecular complexity index is 468. The van der Waals surface area contributed by atoms with Crippen molar-refractivity contribution in [1.29, 1.82) is 0 Å². The first-order chi connectivity index (χ1) is 8.47. The molecule has 18 heavy (non-hydrogen) atoms. The van der Waals surface area contributed by atoms with Crippen molar-refractivity contribution < 1.29 is 9.72 Å². The largest absolute Gasteiger partial charge is 0.351 e. The van der Waals surface area contributed by atoms with E-state index in [1.165, 1.54) is 18.2 Å². The molecule has 1 atom stereocenters. The van der Waals surface area contributed by atoms with Gasteiger partial charge in [-0.15, -0.1) is 0 Å². The van der Waals surface area contributed by atoms with Gasteiger partial charge in [0.1, 0.15) is 5.02 Å². The highest BCUT2D eigenvalue weighted by Crippen LogP contribution is 2.27. The standard InChI is InChI=1S/C11H13ClN2O3S/c1-7(18-2)6-13-11(15)8-4-3-5-9(10(8)12)14(16)17/h3-5,7H,6H2,1-2H3,(H,13,15). The number of nitro groups is 1. The first-order valence-electron chi connectivity index (χ1n) is 5.21. The van der Waals surface area contributed by atoms with Crippen LogP contribution in [0, 0.1) is 10.1 Å². The van der Waals surface area contributed by atoms with Gasteiger partial charge in [0, 0.05) is 17.9 Å². The summed E-state index contributed by atoms with van der Waals surface area (Å²) in [5, 5.41) is 13.5. The van der Waals surface area contributed by atoms with Gasteiger partial charge in [-0.2, -0.15) is 11.8 Å². The maximum atomic E-state index is 11.8. The fourth-order valence-electron chi connectivity index (χ4n) is 1.25. The molecule has 0 saturated carbocycles. The van der Waals surface area contributed by atoms with E-state index in [0.717, 1.165) is 0 Å². The minimum atomic E-state index is -0.608. The van der Waals surface area contributed by atoms with Crippen molar-refractivity contribution in [2.75, 3.05) is 12.8 Å². The molecular weight excluding hydrogens is 276 g/mol. The van der Waals surface area contributed by atoms with Crippen LogP contribution in [-0.2, 0) is 0 Å². The summed E-state index contributed by atoms with van der Waals surface area (Å²) < 4.78 is 0. The van der Waals surface area contributed by atoms with Gasteiger partial charge in [0.15, 0.2) is 0 Å². The summed E-state index contributed by atoms with van der Waals surface area (Å²) in [6.45, 7) is 2.46. The molecule has 1 aromatic rings. The van der Waals surface area contributed by atoms with E-state index in [2.05, 4.69) is 5.32 Å². The highest BCUT2D eigenvalue weighted by molar-refractivity contribution is 7.99. The van der Waals surface area contributed by atoms with Gasteiger partial charge in [-0.3, -0.25) is 14.9 Å². The fraction of sp³-hybridized carbons (Fsp3) is 0.364. The molecule has 0 fully saturated rings. The zero-order chi connectivity index (χ0) is 13.7. The number of nitrogens with zero attached hydrogens (tertiary/aromatic N) is 1. The maximum Gasteiger partial charge on any atom is 0.288 e. The number of carbonyl (C=O) groups is 1. The van der Waals surface area contributed by atoms with Crippen LogP contribution in [-0.4, -0.2) is 28.9 Å². The summed E-state index contributed by atoms with van der Waals surface area (Å²) >= 11 is 7.46. The zero-order valence-corrected chi connectivity index (χ0v) is 11.5. The number of halogens is 1. The van der Waals surface area contributed by atoms with Crippen molar-refractivity contribution in [2.24, 2.45) is 0 Å². The minimum absolute atomic E-state index is 0.124. The third kappa shape index (κ3) is 3.61. The number of nitrogens with one attached hydrogen (secondary N) is 1. The zero-order valence-electron chi connectivity index (χ0n) is 9.97. The quantitative estimate of drug-likeness (QED) is 0.668. The van der Waals surface area contributed by atoms with Gasteiger partial charge in [0.25, 0.3) is 11.6 Å². The lowest BCUT2D eigenvalue weighted by atomic mass is 10.2. The fourth-order valence-corrected chi connectivity index (χ4v) is 1.78. The van der Waals surface area contributed by atoms with Crippen molar-refractivity contribution in [2.45, 2.75) is 12.2 Å². The van der Waals surface area contributed by atoms with Gasteiger partial charge in [-0.05, 0) is 12.3 Å². The van der Waals surface area contributed by atoms with Crippen LogP contribution >= 0.6 is 23.4 Å². The first-order valence-corrected chi connectivity index (χ1v) is 6.87. The van der Waals surface area contributed by atoms with E-state index in [-0.39, 0.29) is 21.5 Å². The normalized spacial score (nSPS) is 11.9. The minimum Gasteiger partial charge on any atom is -0.351 e. The number of rotatable bonds is 5. The van der Waals surface area contributed by atoms with Crippen LogP contribution in [0.15, 0.2) is 18.2 Å². The molecule has 1 unspecified atom stereocenters. The summed E-state index contributed by atoms with van der Waals surface area (Å²) in [6.07, 6.45) is 1.94. The average molecular weight is 289 g/mol. The molecule has 98 valence electrons. The Labute approximate surface area is 114 Å². The SMILES string of the molecule is CSC(C)CNC(=O)c1cccc([N+](=O)[O-])c1Cl. The number of nitro benzene ring substituents is 1. The summed E-state index contributed by atoms with van der Waals surface area (Å²) in [6, 6.07) is 4.18. The van der Waals surface area contributed by atoms with Gasteiger partial charge in [0.05, 0.1) is 10.5 Å². The van der Waals surface area contributed by atoms with Crippen molar-refractivity contribution in [3.05, 3.63) is 38.9 Å². The highest BCUT2D eigenvalue weighted by atomic mass is 35.5. The van der Waals surface area contributed by atoms with Gasteiger partial charge in [-0.1, -0.05) is 24.6 Å². The molecule has 1 aromatic carbocycles. The number of carbonyl (C=O) groups excluding carboxylic acids is 1. The second kappa shape index (κ2) is 6.61. The van der Waals surface area contributed by atoms with Crippen molar-refractivity contribution in [3.63, 3.8) is 0 Å². The van der Waals surface area contributed by atoms with Crippen LogP contribution in [0.25, 0.3) is 0 Å². The Morgan fingerprint density at radius 3 is 2.83 bits per heavy atom. The molecule has 1 amide bonds. The molecule has 5 nitrogen and oxygen atoms in total. The molecule has 7 heteroatoms. The molecule has 0 bridgehead atoms. The number of amides is 1. The first kappa shape index (κ1) is 14.8. The smallest absolute Gasteiger partial charge is 0.288 e. The van der Waals surface area contributed by atoms with E-state index < -0.39 is 10.8 Å². The summed E-state index contributed by atoms with van der Waals surface area (Å²) in [5.74, 6) is -0.399. The van der Waals surface area contributed by atoms with Gasteiger partial charge in [0.2, 0.25) is 0 Å². The molecule has 0 heterocycles. The number of hydrogen-bond acceptors (Lipinski definition) is 4. The maximum absolute atomic E-state index is 11.8. The molecule has 0 aliphatic heterocycles. The van der Waals surface area contributed by atoms with E-state index in [9.17, 15) is 14.9 Å². The molecule has 0 radical (unpaired) electrons. The van der Waals surface area contributed by atoms with Crippen LogP contribution < -0.4 is 5.32 Å².